The molecule has 4 heteroatoms. The van der Waals surface area contributed by atoms with E-state index in [1.807, 2.05) is 25.1 Å². The van der Waals surface area contributed by atoms with Gasteiger partial charge >= 0.3 is 0 Å². The molecule has 1 aliphatic heterocycles. The van der Waals surface area contributed by atoms with Gasteiger partial charge in [-0.05, 0) is 68.6 Å². The maximum Gasteiger partial charge on any atom is 0.248 e. The van der Waals surface area contributed by atoms with Gasteiger partial charge in [0.15, 0.2) is 0 Å². The molecule has 104 valence electrons. The third kappa shape index (κ3) is 3.55. The molecule has 0 aliphatic carbocycles. The minimum absolute atomic E-state index is 0.363. The number of amides is 1. The highest BCUT2D eigenvalue weighted by Gasteiger charge is 2.18. The first-order valence-electron chi connectivity index (χ1n) is 6.92. The zero-order valence-electron chi connectivity index (χ0n) is 11.6. The number of piperidine rings is 1. The van der Waals surface area contributed by atoms with Crippen LogP contribution in [-0.4, -0.2) is 30.4 Å². The summed E-state index contributed by atoms with van der Waals surface area (Å²) in [5, 5.41) is 0. The predicted molar refractivity (Wildman–Crippen MR) is 76.8 cm³/mol. The van der Waals surface area contributed by atoms with Crippen molar-refractivity contribution in [2.75, 3.05) is 19.6 Å². The second-order valence-electron chi connectivity index (χ2n) is 5.46. The lowest BCUT2D eigenvalue weighted by molar-refractivity contribution is 0.1000. The maximum absolute atomic E-state index is 11.1. The molecule has 4 N–H and O–H groups in total. The van der Waals surface area contributed by atoms with Crippen LogP contribution in [0.1, 0.15) is 34.3 Å². The molecule has 0 radical (unpaired) electrons. The van der Waals surface area contributed by atoms with Crippen molar-refractivity contribution in [3.05, 3.63) is 34.9 Å². The van der Waals surface area contributed by atoms with Crippen LogP contribution in [0.3, 0.4) is 0 Å². The Balaban J connectivity index is 1.98. The lowest BCUT2D eigenvalue weighted by Crippen LogP contribution is -2.35. The van der Waals surface area contributed by atoms with Gasteiger partial charge in [-0.2, -0.15) is 0 Å². The molecule has 1 amide bonds. The largest absolute Gasteiger partial charge is 0.366 e. The van der Waals surface area contributed by atoms with Crippen molar-refractivity contribution in [1.29, 1.82) is 0 Å². The predicted octanol–water partition coefficient (Wildman–Crippen LogP) is 1.26. The number of likely N-dealkylation sites (tertiary alicyclic amines) is 1. The van der Waals surface area contributed by atoms with E-state index in [1.165, 1.54) is 18.4 Å². The van der Waals surface area contributed by atoms with E-state index >= 15 is 0 Å². The van der Waals surface area contributed by atoms with Crippen molar-refractivity contribution in [1.82, 2.24) is 4.90 Å². The van der Waals surface area contributed by atoms with E-state index < -0.39 is 0 Å². The van der Waals surface area contributed by atoms with Gasteiger partial charge in [-0.1, -0.05) is 6.07 Å². The molecule has 1 aliphatic rings. The van der Waals surface area contributed by atoms with Crippen LogP contribution < -0.4 is 11.5 Å². The van der Waals surface area contributed by atoms with Gasteiger partial charge in [0.25, 0.3) is 0 Å². The second kappa shape index (κ2) is 6.17. The Hall–Kier alpha value is -1.39. The first-order chi connectivity index (χ1) is 9.10. The standard InChI is InChI=1S/C15H23N3O/c1-11-8-13(15(17)19)2-3-14(11)10-18-6-4-12(9-16)5-7-18/h2-3,8,12H,4-7,9-10,16H2,1H3,(H2,17,19). The number of nitrogens with two attached hydrogens (primary N) is 2. The number of benzene rings is 1. The number of primary amides is 1. The quantitative estimate of drug-likeness (QED) is 0.857. The first kappa shape index (κ1) is 14.0. The van der Waals surface area contributed by atoms with Crippen LogP contribution in [0.5, 0.6) is 0 Å². The molecule has 1 fully saturated rings. The molecule has 0 bridgehead atoms. The van der Waals surface area contributed by atoms with Gasteiger partial charge in [0, 0.05) is 12.1 Å². The Morgan fingerprint density at radius 3 is 2.58 bits per heavy atom. The zero-order chi connectivity index (χ0) is 13.8. The maximum atomic E-state index is 11.1. The SMILES string of the molecule is Cc1cc(C(N)=O)ccc1CN1CCC(CN)CC1. The molecule has 0 atom stereocenters. The van der Waals surface area contributed by atoms with Gasteiger partial charge in [-0.15, -0.1) is 0 Å². The Morgan fingerprint density at radius 1 is 1.37 bits per heavy atom. The molecule has 2 rings (SSSR count). The molecule has 0 aromatic heterocycles. The number of aryl methyl sites for hydroxylation is 1. The van der Waals surface area contributed by atoms with Crippen LogP contribution in [0.4, 0.5) is 0 Å². The van der Waals surface area contributed by atoms with Crippen molar-refractivity contribution in [3.8, 4) is 0 Å². The molecular weight excluding hydrogens is 238 g/mol. The van der Waals surface area contributed by atoms with Crippen LogP contribution >= 0.6 is 0 Å². The number of hydrogen-bond acceptors (Lipinski definition) is 3. The summed E-state index contributed by atoms with van der Waals surface area (Å²) in [6, 6.07) is 5.71. The number of carbonyl (C=O) groups is 1. The summed E-state index contributed by atoms with van der Waals surface area (Å²) in [4.78, 5) is 13.6. The molecule has 19 heavy (non-hydrogen) atoms. The normalized spacial score (nSPS) is 17.6. The van der Waals surface area contributed by atoms with E-state index in [2.05, 4.69) is 4.90 Å². The lowest BCUT2D eigenvalue weighted by Gasteiger charge is -2.31. The van der Waals surface area contributed by atoms with E-state index in [1.54, 1.807) is 0 Å². The van der Waals surface area contributed by atoms with Crippen molar-refractivity contribution >= 4 is 5.91 Å². The molecule has 4 nitrogen and oxygen atoms in total. The van der Waals surface area contributed by atoms with Crippen molar-refractivity contribution < 1.29 is 4.79 Å². The van der Waals surface area contributed by atoms with Gasteiger partial charge in [0.05, 0.1) is 0 Å². The monoisotopic (exact) mass is 261 g/mol. The van der Waals surface area contributed by atoms with Crippen LogP contribution in [0.2, 0.25) is 0 Å². The summed E-state index contributed by atoms with van der Waals surface area (Å²) in [5.41, 5.74) is 14.0. The van der Waals surface area contributed by atoms with Crippen molar-refractivity contribution in [2.24, 2.45) is 17.4 Å². The summed E-state index contributed by atoms with van der Waals surface area (Å²) in [5.74, 6) is 0.327. The average molecular weight is 261 g/mol. The molecule has 0 spiro atoms. The molecular formula is C15H23N3O. The highest BCUT2D eigenvalue weighted by molar-refractivity contribution is 5.93. The first-order valence-corrected chi connectivity index (χ1v) is 6.92. The third-order valence-electron chi connectivity index (χ3n) is 4.06. The number of carbonyl (C=O) groups excluding carboxylic acids is 1. The van der Waals surface area contributed by atoms with Crippen LogP contribution in [0, 0.1) is 12.8 Å². The van der Waals surface area contributed by atoms with E-state index in [-0.39, 0.29) is 5.91 Å². The summed E-state index contributed by atoms with van der Waals surface area (Å²) < 4.78 is 0. The molecule has 1 heterocycles. The fraction of sp³-hybridized carbons (Fsp3) is 0.533. The molecule has 0 unspecified atom stereocenters. The summed E-state index contributed by atoms with van der Waals surface area (Å²) >= 11 is 0. The van der Waals surface area contributed by atoms with E-state index in [0.29, 0.717) is 11.5 Å². The number of rotatable bonds is 4. The van der Waals surface area contributed by atoms with Crippen LogP contribution in [0.15, 0.2) is 18.2 Å². The minimum atomic E-state index is -0.363. The zero-order valence-corrected chi connectivity index (χ0v) is 11.6. The highest BCUT2D eigenvalue weighted by atomic mass is 16.1. The molecule has 1 aromatic carbocycles. The molecule has 1 aromatic rings. The molecule has 0 saturated carbocycles. The Labute approximate surface area is 114 Å². The minimum Gasteiger partial charge on any atom is -0.366 e. The number of nitrogens with zero attached hydrogens (tertiary/aromatic N) is 1. The number of hydrogen-bond donors (Lipinski definition) is 2. The molecule has 1 saturated heterocycles. The van der Waals surface area contributed by atoms with Gasteiger partial charge in [-0.25, -0.2) is 0 Å². The second-order valence-corrected chi connectivity index (χ2v) is 5.46. The third-order valence-corrected chi connectivity index (χ3v) is 4.06. The van der Waals surface area contributed by atoms with Crippen LogP contribution in [0.25, 0.3) is 0 Å². The Bertz CT molecular complexity index is 451. The summed E-state index contributed by atoms with van der Waals surface area (Å²) in [7, 11) is 0. The summed E-state index contributed by atoms with van der Waals surface area (Å²) in [6.07, 6.45) is 2.38. The fourth-order valence-corrected chi connectivity index (χ4v) is 2.65. The van der Waals surface area contributed by atoms with Crippen molar-refractivity contribution in [2.45, 2.75) is 26.3 Å². The van der Waals surface area contributed by atoms with E-state index in [9.17, 15) is 4.79 Å². The fourth-order valence-electron chi connectivity index (χ4n) is 2.65. The Kier molecular flexibility index (Phi) is 4.56. The van der Waals surface area contributed by atoms with Gasteiger partial charge in [0.2, 0.25) is 5.91 Å². The topological polar surface area (TPSA) is 72.4 Å². The van der Waals surface area contributed by atoms with Crippen molar-refractivity contribution in [3.63, 3.8) is 0 Å². The van der Waals surface area contributed by atoms with E-state index in [0.717, 1.165) is 31.7 Å². The summed E-state index contributed by atoms with van der Waals surface area (Å²) in [6.45, 7) is 6.01. The van der Waals surface area contributed by atoms with Gasteiger partial charge in [0.1, 0.15) is 0 Å². The Morgan fingerprint density at radius 2 is 2.05 bits per heavy atom. The smallest absolute Gasteiger partial charge is 0.248 e. The van der Waals surface area contributed by atoms with E-state index in [4.69, 9.17) is 11.5 Å². The lowest BCUT2D eigenvalue weighted by atomic mass is 9.96. The van der Waals surface area contributed by atoms with Crippen LogP contribution in [-0.2, 0) is 6.54 Å². The average Bonchev–Trinajstić information content (AvgIpc) is 2.41. The van der Waals surface area contributed by atoms with Gasteiger partial charge in [-0.3, -0.25) is 9.69 Å². The van der Waals surface area contributed by atoms with Gasteiger partial charge < -0.3 is 11.5 Å². The highest BCUT2D eigenvalue weighted by Crippen LogP contribution is 2.19.